The first-order valence-electron chi connectivity index (χ1n) is 1.39. The van der Waals surface area contributed by atoms with E-state index in [4.69, 9.17) is 5.11 Å². The maximum absolute atomic E-state index is 10.8. The second-order valence-electron chi connectivity index (χ2n) is 0.944. The summed E-state index contributed by atoms with van der Waals surface area (Å²) in [5.41, 5.74) is 0. The topological polar surface area (TPSA) is 20.2 Å². The summed E-state index contributed by atoms with van der Waals surface area (Å²) in [6.07, 6.45) is -4.64. The molecule has 45 valence electrons. The van der Waals surface area contributed by atoms with Crippen molar-refractivity contribution >= 4 is 0 Å². The third-order valence-electron chi connectivity index (χ3n) is 0.327. The van der Waals surface area contributed by atoms with E-state index in [1.807, 2.05) is 0 Å². The van der Waals surface area contributed by atoms with Crippen LogP contribution < -0.4 is 0 Å². The number of aliphatic hydroxyl groups excluding tert-OH is 1. The van der Waals surface area contributed by atoms with Gasteiger partial charge >= 0.3 is 6.18 Å². The van der Waals surface area contributed by atoms with Crippen molar-refractivity contribution in [3.8, 4) is 0 Å². The summed E-state index contributed by atoms with van der Waals surface area (Å²) in [5.74, 6) is -1.76. The van der Waals surface area contributed by atoms with Gasteiger partial charge in [-0.2, -0.15) is 13.2 Å². The Morgan fingerprint density at radius 2 is 1.50 bits per heavy atom. The smallest absolute Gasteiger partial charge is 0.448 e. The van der Waals surface area contributed by atoms with Crippen LogP contribution in [0.3, 0.4) is 0 Å². The fourth-order valence-electron chi connectivity index (χ4n) is 0. The van der Waals surface area contributed by atoms with Crippen LogP contribution in [-0.4, -0.2) is 11.3 Å². The zero-order valence-corrected chi connectivity index (χ0v) is 6.70. The van der Waals surface area contributed by atoms with Gasteiger partial charge in [0, 0.05) is 32.7 Å². The molecule has 1 radical (unpaired) electrons. The van der Waals surface area contributed by atoms with Gasteiger partial charge in [0.05, 0.1) is 0 Å². The average molecular weight is 201 g/mol. The first-order chi connectivity index (χ1) is 2.94. The monoisotopic (exact) mass is 201 g/mol. The van der Waals surface area contributed by atoms with Gasteiger partial charge in [-0.3, -0.25) is 0 Å². The number of hydrogen-bond donors (Lipinski definition) is 1. The van der Waals surface area contributed by atoms with E-state index in [1.165, 1.54) is 0 Å². The zero-order chi connectivity index (χ0) is 6.08. The van der Waals surface area contributed by atoms with Crippen molar-refractivity contribution in [2.75, 3.05) is 0 Å². The van der Waals surface area contributed by atoms with Crippen molar-refractivity contribution in [3.63, 3.8) is 0 Å². The fraction of sp³-hybridized carbons (Fsp3) is 0.333. The van der Waals surface area contributed by atoms with E-state index in [0.717, 1.165) is 0 Å². The second-order valence-corrected chi connectivity index (χ2v) is 0.944. The van der Waals surface area contributed by atoms with Crippen LogP contribution in [0, 0.1) is 0 Å². The molecule has 0 saturated heterocycles. The molecule has 0 aliphatic heterocycles. The molecule has 0 aliphatic rings. The SMILES string of the molecule is C=C(O)C(F)(F)F.[Y]. The van der Waals surface area contributed by atoms with Crippen LogP contribution in [0.1, 0.15) is 0 Å². The van der Waals surface area contributed by atoms with Crippen LogP contribution in [0.25, 0.3) is 0 Å². The van der Waals surface area contributed by atoms with E-state index in [9.17, 15) is 13.2 Å². The summed E-state index contributed by atoms with van der Waals surface area (Å²) >= 11 is 0. The Bertz CT molecular complexity index is 87.0. The number of rotatable bonds is 0. The van der Waals surface area contributed by atoms with Crippen LogP contribution in [-0.2, 0) is 32.7 Å². The molecule has 0 heterocycles. The minimum atomic E-state index is -4.64. The van der Waals surface area contributed by atoms with Gasteiger partial charge in [0.25, 0.3) is 0 Å². The Labute approximate surface area is 69.5 Å². The van der Waals surface area contributed by atoms with Crippen molar-refractivity contribution in [2.45, 2.75) is 6.18 Å². The van der Waals surface area contributed by atoms with Crippen LogP contribution >= 0.6 is 0 Å². The Balaban J connectivity index is 0. The van der Waals surface area contributed by atoms with Crippen molar-refractivity contribution in [3.05, 3.63) is 12.3 Å². The first kappa shape index (κ1) is 11.3. The first-order valence-corrected chi connectivity index (χ1v) is 1.39. The third-order valence-corrected chi connectivity index (χ3v) is 0.327. The molecule has 5 heteroatoms. The molecule has 0 fully saturated rings. The van der Waals surface area contributed by atoms with Crippen LogP contribution in [0.15, 0.2) is 12.3 Å². The second kappa shape index (κ2) is 3.46. The average Bonchev–Trinajstić information content (AvgIpc) is 1.31. The van der Waals surface area contributed by atoms with Gasteiger partial charge in [0.2, 0.25) is 0 Å². The molecule has 8 heavy (non-hydrogen) atoms. The normalized spacial score (nSPS) is 9.88. The predicted molar refractivity (Wildman–Crippen MR) is 17.8 cm³/mol. The van der Waals surface area contributed by atoms with Crippen molar-refractivity contribution in [1.29, 1.82) is 0 Å². The predicted octanol–water partition coefficient (Wildman–Crippen LogP) is 1.62. The zero-order valence-electron chi connectivity index (χ0n) is 3.87. The molecule has 0 aliphatic carbocycles. The molecule has 0 atom stereocenters. The van der Waals surface area contributed by atoms with Crippen molar-refractivity contribution in [2.24, 2.45) is 0 Å². The number of hydrogen-bond acceptors (Lipinski definition) is 1. The summed E-state index contributed by atoms with van der Waals surface area (Å²) in [4.78, 5) is 0. The molecule has 0 spiro atoms. The van der Waals surface area contributed by atoms with E-state index in [0.29, 0.717) is 0 Å². The van der Waals surface area contributed by atoms with Gasteiger partial charge in [0.1, 0.15) is 0 Å². The summed E-state index contributed by atoms with van der Waals surface area (Å²) in [7, 11) is 0. The molecule has 0 bridgehead atoms. The van der Waals surface area contributed by atoms with E-state index in [-0.39, 0.29) is 32.7 Å². The molecule has 0 amide bonds. The van der Waals surface area contributed by atoms with E-state index >= 15 is 0 Å². The molecule has 0 unspecified atom stereocenters. The molecule has 0 saturated carbocycles. The molecule has 0 aromatic heterocycles. The number of allylic oxidation sites excluding steroid dienone is 1. The maximum atomic E-state index is 10.8. The molecule has 0 rings (SSSR count). The van der Waals surface area contributed by atoms with Crippen LogP contribution in [0.5, 0.6) is 0 Å². The number of aliphatic hydroxyl groups is 1. The Morgan fingerprint density at radius 3 is 1.50 bits per heavy atom. The van der Waals surface area contributed by atoms with Gasteiger partial charge in [-0.1, -0.05) is 6.58 Å². The van der Waals surface area contributed by atoms with Gasteiger partial charge in [-0.15, -0.1) is 0 Å². The van der Waals surface area contributed by atoms with Gasteiger partial charge < -0.3 is 5.11 Å². The van der Waals surface area contributed by atoms with Crippen molar-refractivity contribution in [1.82, 2.24) is 0 Å². The largest absolute Gasteiger partial charge is 0.505 e. The van der Waals surface area contributed by atoms with Gasteiger partial charge in [-0.05, 0) is 0 Å². The van der Waals surface area contributed by atoms with E-state index in [1.54, 1.807) is 0 Å². The molecule has 0 aromatic rings. The molecule has 1 N–H and O–H groups in total. The summed E-state index contributed by atoms with van der Waals surface area (Å²) < 4.78 is 32.5. The molecule has 0 aromatic carbocycles. The molecular formula is C3H3F3OY. The molecular weight excluding hydrogens is 198 g/mol. The van der Waals surface area contributed by atoms with Gasteiger partial charge in [0.15, 0.2) is 5.76 Å². The number of halogens is 3. The Hall–Kier alpha value is 0.434. The summed E-state index contributed by atoms with van der Waals surface area (Å²) in [6.45, 7) is 2.26. The maximum Gasteiger partial charge on any atom is 0.448 e. The Morgan fingerprint density at radius 1 is 1.38 bits per heavy atom. The van der Waals surface area contributed by atoms with E-state index < -0.39 is 11.9 Å². The van der Waals surface area contributed by atoms with Crippen molar-refractivity contribution < 1.29 is 51.0 Å². The standard InChI is InChI=1S/C3H3F3O.Y/c1-2(7)3(4,5)6;/h7H,1H2;. The minimum absolute atomic E-state index is 0. The van der Waals surface area contributed by atoms with E-state index in [2.05, 4.69) is 6.58 Å². The third kappa shape index (κ3) is 4.59. The van der Waals surface area contributed by atoms with Crippen LogP contribution in [0.2, 0.25) is 0 Å². The van der Waals surface area contributed by atoms with Gasteiger partial charge in [-0.25, -0.2) is 0 Å². The van der Waals surface area contributed by atoms with Crippen LogP contribution in [0.4, 0.5) is 13.2 Å². The Kier molecular flexibility index (Phi) is 4.87. The summed E-state index contributed by atoms with van der Waals surface area (Å²) in [6, 6.07) is 0. The quantitative estimate of drug-likeness (QED) is 0.590. The fourth-order valence-corrected chi connectivity index (χ4v) is 0. The number of alkyl halides is 3. The molecule has 1 nitrogen and oxygen atoms in total. The minimum Gasteiger partial charge on any atom is -0.505 e. The summed E-state index contributed by atoms with van der Waals surface area (Å²) in [5, 5.41) is 7.57.